The zero-order valence-electron chi connectivity index (χ0n) is 17.2. The number of thioether (sulfide) groups is 1. The van der Waals surface area contributed by atoms with Gasteiger partial charge in [0, 0.05) is 15.7 Å². The molecule has 0 radical (unpaired) electrons. The topological polar surface area (TPSA) is 20.3 Å². The predicted molar refractivity (Wildman–Crippen MR) is 123 cm³/mol. The Balaban J connectivity index is 1.84. The maximum Gasteiger partial charge on any atom is 0.239 e. The van der Waals surface area contributed by atoms with Crippen LogP contribution in [-0.4, -0.2) is 16.7 Å². The Labute approximate surface area is 178 Å². The lowest BCUT2D eigenvalue weighted by Gasteiger charge is -2.33. The van der Waals surface area contributed by atoms with E-state index in [1.165, 1.54) is 4.90 Å². The summed E-state index contributed by atoms with van der Waals surface area (Å²) in [6.45, 7) is 6.71. The SMILES string of the molecule is CC1CC(C)(C)Sc2ccccc2N1C(=O)C(c1ccccc1)c1ccccc1. The van der Waals surface area contributed by atoms with Crippen molar-refractivity contribution in [2.24, 2.45) is 0 Å². The molecule has 1 unspecified atom stereocenters. The number of carbonyl (C=O) groups excluding carboxylic acids is 1. The quantitative estimate of drug-likeness (QED) is 0.498. The summed E-state index contributed by atoms with van der Waals surface area (Å²) in [6.07, 6.45) is 0.939. The lowest BCUT2D eigenvalue weighted by molar-refractivity contribution is -0.119. The van der Waals surface area contributed by atoms with Crippen LogP contribution in [0.15, 0.2) is 89.8 Å². The molecule has 4 rings (SSSR count). The summed E-state index contributed by atoms with van der Waals surface area (Å²) in [4.78, 5) is 17.4. The molecule has 1 heterocycles. The highest BCUT2D eigenvalue weighted by atomic mass is 32.2. The normalized spacial score (nSPS) is 18.2. The van der Waals surface area contributed by atoms with Gasteiger partial charge in [0.2, 0.25) is 5.91 Å². The van der Waals surface area contributed by atoms with Crippen molar-refractivity contribution in [1.82, 2.24) is 0 Å². The molecule has 1 aliphatic rings. The van der Waals surface area contributed by atoms with E-state index < -0.39 is 0 Å². The van der Waals surface area contributed by atoms with Crippen LogP contribution in [0.2, 0.25) is 0 Å². The summed E-state index contributed by atoms with van der Waals surface area (Å²) in [5.74, 6) is -0.181. The molecular weight excluding hydrogens is 374 g/mol. The van der Waals surface area contributed by atoms with E-state index >= 15 is 0 Å². The van der Waals surface area contributed by atoms with Crippen molar-refractivity contribution in [2.75, 3.05) is 4.90 Å². The van der Waals surface area contributed by atoms with Gasteiger partial charge in [0.15, 0.2) is 0 Å². The van der Waals surface area contributed by atoms with Gasteiger partial charge in [-0.3, -0.25) is 4.79 Å². The fourth-order valence-electron chi connectivity index (χ4n) is 4.37. The van der Waals surface area contributed by atoms with Crippen molar-refractivity contribution >= 4 is 23.4 Å². The Kier molecular flexibility index (Phi) is 5.51. The van der Waals surface area contributed by atoms with Crippen molar-refractivity contribution in [3.05, 3.63) is 96.1 Å². The first kappa shape index (κ1) is 19.8. The highest BCUT2D eigenvalue weighted by molar-refractivity contribution is 8.00. The van der Waals surface area contributed by atoms with Gasteiger partial charge in [-0.15, -0.1) is 11.8 Å². The average molecular weight is 402 g/mol. The number of rotatable bonds is 3. The maximum atomic E-state index is 14.2. The van der Waals surface area contributed by atoms with Gasteiger partial charge >= 0.3 is 0 Å². The number of hydrogen-bond donors (Lipinski definition) is 0. The smallest absolute Gasteiger partial charge is 0.239 e. The van der Waals surface area contributed by atoms with Crippen molar-refractivity contribution < 1.29 is 4.79 Å². The van der Waals surface area contributed by atoms with E-state index in [0.717, 1.165) is 23.2 Å². The summed E-state index contributed by atoms with van der Waals surface area (Å²) < 4.78 is 0.0690. The Morgan fingerprint density at radius 3 is 2.00 bits per heavy atom. The van der Waals surface area contributed by atoms with Crippen LogP contribution in [0.4, 0.5) is 5.69 Å². The molecule has 1 amide bonds. The van der Waals surface area contributed by atoms with Gasteiger partial charge in [-0.05, 0) is 36.6 Å². The van der Waals surface area contributed by atoms with E-state index in [4.69, 9.17) is 0 Å². The minimum Gasteiger partial charge on any atom is -0.308 e. The van der Waals surface area contributed by atoms with Gasteiger partial charge in [-0.2, -0.15) is 0 Å². The second-order valence-corrected chi connectivity index (χ2v) is 10.1. The minimum absolute atomic E-state index is 0.0690. The number of fused-ring (bicyclic) bond motifs is 1. The van der Waals surface area contributed by atoms with Crippen molar-refractivity contribution in [3.63, 3.8) is 0 Å². The Morgan fingerprint density at radius 1 is 0.897 bits per heavy atom. The van der Waals surface area contributed by atoms with Crippen LogP contribution < -0.4 is 4.90 Å². The molecule has 3 heteroatoms. The highest BCUT2D eigenvalue weighted by Gasteiger charge is 2.38. The third-order valence-corrected chi connectivity index (χ3v) is 6.77. The van der Waals surface area contributed by atoms with E-state index in [1.54, 1.807) is 0 Å². The molecule has 29 heavy (non-hydrogen) atoms. The molecule has 3 aromatic carbocycles. The summed E-state index contributed by atoms with van der Waals surface area (Å²) >= 11 is 1.87. The van der Waals surface area contributed by atoms with Crippen LogP contribution in [0.5, 0.6) is 0 Å². The van der Waals surface area contributed by atoms with Gasteiger partial charge in [0.25, 0.3) is 0 Å². The van der Waals surface area contributed by atoms with Gasteiger partial charge in [0.05, 0.1) is 11.6 Å². The van der Waals surface area contributed by atoms with E-state index in [1.807, 2.05) is 59.1 Å². The number of amides is 1. The van der Waals surface area contributed by atoms with Crippen molar-refractivity contribution in [2.45, 2.75) is 48.8 Å². The third kappa shape index (κ3) is 4.11. The van der Waals surface area contributed by atoms with Gasteiger partial charge in [-0.1, -0.05) is 86.6 Å². The Morgan fingerprint density at radius 2 is 1.41 bits per heavy atom. The van der Waals surface area contributed by atoms with Crippen LogP contribution in [0, 0.1) is 0 Å². The number of nitrogens with zero attached hydrogens (tertiary/aromatic N) is 1. The standard InChI is InChI=1S/C26H27NOS/c1-19-18-26(2,3)29-23-17-11-10-16-22(23)27(19)25(28)24(20-12-6-4-7-13-20)21-14-8-5-9-15-21/h4-17,19,24H,18H2,1-3H3. The Hall–Kier alpha value is -2.52. The molecule has 1 aliphatic heterocycles. The van der Waals surface area contributed by atoms with Gasteiger partial charge in [0.1, 0.15) is 0 Å². The third-order valence-electron chi connectivity index (χ3n) is 5.49. The molecule has 1 atom stereocenters. The molecule has 0 N–H and O–H groups in total. The molecule has 2 nitrogen and oxygen atoms in total. The summed E-state index contributed by atoms with van der Waals surface area (Å²) in [5, 5.41) is 0. The van der Waals surface area contributed by atoms with Gasteiger partial charge < -0.3 is 4.90 Å². The summed E-state index contributed by atoms with van der Waals surface area (Å²) in [5.41, 5.74) is 3.09. The maximum absolute atomic E-state index is 14.2. The number of hydrogen-bond acceptors (Lipinski definition) is 2. The first-order valence-corrected chi connectivity index (χ1v) is 11.0. The zero-order valence-corrected chi connectivity index (χ0v) is 18.0. The second kappa shape index (κ2) is 8.08. The van der Waals surface area contributed by atoms with Gasteiger partial charge in [-0.25, -0.2) is 0 Å². The number of benzene rings is 3. The average Bonchev–Trinajstić information content (AvgIpc) is 2.81. The van der Waals surface area contributed by atoms with Crippen molar-refractivity contribution in [3.8, 4) is 0 Å². The zero-order chi connectivity index (χ0) is 20.4. The van der Waals surface area contributed by atoms with Crippen LogP contribution in [-0.2, 0) is 4.79 Å². The summed E-state index contributed by atoms with van der Waals surface area (Å²) in [7, 11) is 0. The number of carbonyl (C=O) groups is 1. The van der Waals surface area contributed by atoms with E-state index in [9.17, 15) is 4.79 Å². The highest BCUT2D eigenvalue weighted by Crippen LogP contribution is 2.46. The van der Waals surface area contributed by atoms with E-state index in [0.29, 0.717) is 0 Å². The number of para-hydroxylation sites is 1. The largest absolute Gasteiger partial charge is 0.308 e. The molecule has 3 aromatic rings. The molecule has 0 aliphatic carbocycles. The first-order chi connectivity index (χ1) is 14.0. The van der Waals surface area contributed by atoms with Crippen LogP contribution >= 0.6 is 11.8 Å². The first-order valence-electron chi connectivity index (χ1n) is 10.2. The molecule has 0 saturated heterocycles. The molecule has 0 aromatic heterocycles. The lowest BCUT2D eigenvalue weighted by atomic mass is 9.89. The van der Waals surface area contributed by atoms with E-state index in [2.05, 4.69) is 63.2 Å². The van der Waals surface area contributed by atoms with Crippen LogP contribution in [0.1, 0.15) is 44.2 Å². The van der Waals surface area contributed by atoms with Crippen molar-refractivity contribution in [1.29, 1.82) is 0 Å². The molecule has 0 spiro atoms. The predicted octanol–water partition coefficient (Wildman–Crippen LogP) is 6.51. The monoisotopic (exact) mass is 401 g/mol. The summed E-state index contributed by atoms with van der Waals surface area (Å²) in [6, 6.07) is 28.7. The molecule has 0 bridgehead atoms. The second-order valence-electron chi connectivity index (χ2n) is 8.35. The Bertz CT molecular complexity index is 944. The molecular formula is C26H27NOS. The molecule has 148 valence electrons. The molecule has 0 fully saturated rings. The minimum atomic E-state index is -0.320. The molecule has 0 saturated carbocycles. The van der Waals surface area contributed by atoms with Crippen LogP contribution in [0.25, 0.3) is 0 Å². The van der Waals surface area contributed by atoms with E-state index in [-0.39, 0.29) is 22.6 Å². The lowest BCUT2D eigenvalue weighted by Crippen LogP contribution is -2.43. The van der Waals surface area contributed by atoms with Crippen LogP contribution in [0.3, 0.4) is 0 Å². The fraction of sp³-hybridized carbons (Fsp3) is 0.269. The fourth-order valence-corrected chi connectivity index (χ4v) is 5.70. The number of anilines is 1.